The molecule has 0 radical (unpaired) electrons. The SMILES string of the molecule is S=c1nc(-n2cncn2)ccn1[C@H]1C[C@H]2OC[C@H]2O1. The summed E-state index contributed by atoms with van der Waals surface area (Å²) in [4.78, 5) is 8.23. The van der Waals surface area contributed by atoms with Gasteiger partial charge in [-0.25, -0.2) is 14.6 Å². The molecule has 2 saturated heterocycles. The molecular formula is C11H11N5O2S. The second-order valence-corrected chi connectivity index (χ2v) is 4.92. The Kier molecular flexibility index (Phi) is 2.47. The third kappa shape index (κ3) is 1.79. The van der Waals surface area contributed by atoms with Crippen LogP contribution in [0.25, 0.3) is 5.82 Å². The van der Waals surface area contributed by atoms with Crippen molar-refractivity contribution < 1.29 is 9.47 Å². The average Bonchev–Trinajstić information content (AvgIpc) is 3.00. The number of nitrogens with zero attached hydrogens (tertiary/aromatic N) is 5. The van der Waals surface area contributed by atoms with E-state index in [0.717, 1.165) is 6.42 Å². The molecule has 0 saturated carbocycles. The molecule has 0 bridgehead atoms. The van der Waals surface area contributed by atoms with Crippen molar-refractivity contribution in [2.75, 3.05) is 6.61 Å². The van der Waals surface area contributed by atoms with E-state index >= 15 is 0 Å². The number of ether oxygens (including phenoxy) is 2. The molecule has 19 heavy (non-hydrogen) atoms. The van der Waals surface area contributed by atoms with Gasteiger partial charge in [-0.2, -0.15) is 5.10 Å². The van der Waals surface area contributed by atoms with Crippen molar-refractivity contribution in [1.29, 1.82) is 0 Å². The van der Waals surface area contributed by atoms with Crippen molar-refractivity contribution in [3.05, 3.63) is 29.7 Å². The monoisotopic (exact) mass is 277 g/mol. The van der Waals surface area contributed by atoms with Gasteiger partial charge in [0.05, 0.1) is 12.7 Å². The van der Waals surface area contributed by atoms with Gasteiger partial charge in [0.25, 0.3) is 0 Å². The summed E-state index contributed by atoms with van der Waals surface area (Å²) < 4.78 is 15.2. The summed E-state index contributed by atoms with van der Waals surface area (Å²) in [7, 11) is 0. The van der Waals surface area contributed by atoms with Gasteiger partial charge in [-0.15, -0.1) is 0 Å². The van der Waals surface area contributed by atoms with E-state index < -0.39 is 0 Å². The van der Waals surface area contributed by atoms with Gasteiger partial charge < -0.3 is 9.47 Å². The van der Waals surface area contributed by atoms with Crippen LogP contribution < -0.4 is 0 Å². The normalized spacial score (nSPS) is 28.9. The summed E-state index contributed by atoms with van der Waals surface area (Å²) in [5.74, 6) is 0.649. The predicted molar refractivity (Wildman–Crippen MR) is 66.2 cm³/mol. The Bertz CT molecular complexity index is 643. The maximum absolute atomic E-state index is 5.85. The Hall–Kier alpha value is -1.64. The molecule has 0 N–H and O–H groups in total. The van der Waals surface area contributed by atoms with Crippen molar-refractivity contribution in [3.63, 3.8) is 0 Å². The van der Waals surface area contributed by atoms with Crippen LogP contribution in [0.4, 0.5) is 0 Å². The summed E-state index contributed by atoms with van der Waals surface area (Å²) in [6, 6.07) is 1.84. The fourth-order valence-electron chi connectivity index (χ4n) is 2.37. The number of fused-ring (bicyclic) bond motifs is 1. The zero-order valence-electron chi connectivity index (χ0n) is 9.92. The maximum Gasteiger partial charge on any atom is 0.203 e. The summed E-state index contributed by atoms with van der Waals surface area (Å²) in [5.41, 5.74) is 0. The van der Waals surface area contributed by atoms with E-state index in [2.05, 4.69) is 15.1 Å². The minimum atomic E-state index is -0.0812. The van der Waals surface area contributed by atoms with E-state index in [1.807, 2.05) is 16.8 Å². The Morgan fingerprint density at radius 3 is 2.89 bits per heavy atom. The zero-order chi connectivity index (χ0) is 12.8. The lowest BCUT2D eigenvalue weighted by Gasteiger charge is -2.28. The molecule has 2 aromatic heterocycles. The second kappa shape index (κ2) is 4.19. The zero-order valence-corrected chi connectivity index (χ0v) is 10.7. The highest BCUT2D eigenvalue weighted by molar-refractivity contribution is 7.71. The molecule has 2 fully saturated rings. The van der Waals surface area contributed by atoms with Gasteiger partial charge in [-0.05, 0) is 18.3 Å². The Morgan fingerprint density at radius 2 is 2.32 bits per heavy atom. The van der Waals surface area contributed by atoms with Crippen molar-refractivity contribution in [2.24, 2.45) is 0 Å². The fourth-order valence-corrected chi connectivity index (χ4v) is 2.64. The fraction of sp³-hybridized carbons (Fsp3) is 0.455. The second-order valence-electron chi connectivity index (χ2n) is 4.55. The summed E-state index contributed by atoms with van der Waals surface area (Å²) in [6.07, 6.45) is 6.08. The molecular weight excluding hydrogens is 266 g/mol. The third-order valence-corrected chi connectivity index (χ3v) is 3.74. The number of rotatable bonds is 2. The molecule has 4 rings (SSSR count). The summed E-state index contributed by atoms with van der Waals surface area (Å²) in [5, 5.41) is 4.03. The van der Waals surface area contributed by atoms with E-state index in [1.54, 1.807) is 11.0 Å². The number of aromatic nitrogens is 5. The molecule has 4 heterocycles. The van der Waals surface area contributed by atoms with E-state index in [9.17, 15) is 0 Å². The van der Waals surface area contributed by atoms with Crippen molar-refractivity contribution >= 4 is 12.2 Å². The molecule has 0 aliphatic carbocycles. The smallest absolute Gasteiger partial charge is 0.203 e. The standard InChI is InChI=1S/C11H11N5O2S/c19-11-14-9(16-6-12-5-13-16)1-2-15(11)10-3-7-8(18-10)4-17-7/h1-2,5-8,10H,3-4H2/t7-,8-,10-/m1/s1. The molecule has 3 atom stereocenters. The number of hydrogen-bond acceptors (Lipinski definition) is 6. The van der Waals surface area contributed by atoms with Crippen LogP contribution in [0.15, 0.2) is 24.9 Å². The van der Waals surface area contributed by atoms with E-state index in [-0.39, 0.29) is 18.4 Å². The summed E-state index contributed by atoms with van der Waals surface area (Å²) in [6.45, 7) is 0.680. The van der Waals surface area contributed by atoms with Crippen molar-refractivity contribution in [2.45, 2.75) is 24.9 Å². The highest BCUT2D eigenvalue weighted by Crippen LogP contribution is 2.36. The first kappa shape index (κ1) is 11.2. The van der Waals surface area contributed by atoms with Gasteiger partial charge in [0.1, 0.15) is 25.0 Å². The third-order valence-electron chi connectivity index (χ3n) is 3.43. The molecule has 7 nitrogen and oxygen atoms in total. The molecule has 0 aromatic carbocycles. The lowest BCUT2D eigenvalue weighted by Crippen LogP contribution is -2.40. The van der Waals surface area contributed by atoms with Crippen molar-refractivity contribution in [3.8, 4) is 5.82 Å². The molecule has 98 valence electrons. The van der Waals surface area contributed by atoms with Gasteiger partial charge in [0.15, 0.2) is 5.82 Å². The summed E-state index contributed by atoms with van der Waals surface area (Å²) >= 11 is 5.32. The molecule has 0 amide bonds. The predicted octanol–water partition coefficient (Wildman–Crippen LogP) is 0.880. The average molecular weight is 277 g/mol. The molecule has 0 unspecified atom stereocenters. The number of hydrogen-bond donors (Lipinski definition) is 0. The lowest BCUT2D eigenvalue weighted by atomic mass is 10.1. The van der Waals surface area contributed by atoms with Crippen LogP contribution in [0.3, 0.4) is 0 Å². The Balaban J connectivity index is 1.65. The first-order valence-corrected chi connectivity index (χ1v) is 6.43. The topological polar surface area (TPSA) is 67.0 Å². The highest BCUT2D eigenvalue weighted by atomic mass is 32.1. The van der Waals surface area contributed by atoms with Crippen LogP contribution in [0, 0.1) is 4.77 Å². The van der Waals surface area contributed by atoms with Gasteiger partial charge >= 0.3 is 0 Å². The Labute approximate surface area is 113 Å². The van der Waals surface area contributed by atoms with E-state index in [0.29, 0.717) is 17.2 Å². The lowest BCUT2D eigenvalue weighted by molar-refractivity contribution is -0.149. The largest absolute Gasteiger partial charge is 0.372 e. The first-order valence-electron chi connectivity index (χ1n) is 6.02. The molecule has 2 aliphatic rings. The minimum Gasteiger partial charge on any atom is -0.372 e. The van der Waals surface area contributed by atoms with E-state index in [1.165, 1.54) is 6.33 Å². The molecule has 2 aliphatic heterocycles. The van der Waals surface area contributed by atoms with Crippen LogP contribution in [0.5, 0.6) is 0 Å². The van der Waals surface area contributed by atoms with Gasteiger partial charge in [-0.1, -0.05) is 0 Å². The van der Waals surface area contributed by atoms with Crippen LogP contribution in [-0.2, 0) is 9.47 Å². The first-order chi connectivity index (χ1) is 9.31. The van der Waals surface area contributed by atoms with E-state index in [4.69, 9.17) is 21.7 Å². The van der Waals surface area contributed by atoms with Crippen LogP contribution in [0.1, 0.15) is 12.6 Å². The van der Waals surface area contributed by atoms with Crippen LogP contribution >= 0.6 is 12.2 Å². The maximum atomic E-state index is 5.85. The van der Waals surface area contributed by atoms with Gasteiger partial charge in [-0.3, -0.25) is 4.57 Å². The quantitative estimate of drug-likeness (QED) is 0.759. The Morgan fingerprint density at radius 1 is 1.37 bits per heavy atom. The molecule has 8 heteroatoms. The van der Waals surface area contributed by atoms with Gasteiger partial charge in [0.2, 0.25) is 4.77 Å². The van der Waals surface area contributed by atoms with Crippen LogP contribution in [0.2, 0.25) is 0 Å². The molecule has 2 aromatic rings. The molecule has 0 spiro atoms. The van der Waals surface area contributed by atoms with Gasteiger partial charge in [0, 0.05) is 12.6 Å². The van der Waals surface area contributed by atoms with Crippen LogP contribution in [-0.4, -0.2) is 43.1 Å². The van der Waals surface area contributed by atoms with Crippen molar-refractivity contribution in [1.82, 2.24) is 24.3 Å². The minimum absolute atomic E-state index is 0.0812. The highest BCUT2D eigenvalue weighted by Gasteiger charge is 2.43.